The molecule has 41 N–H and O–H groups in total. The Kier molecular flexibility index (Phi) is 61.0. The van der Waals surface area contributed by atoms with Crippen molar-refractivity contribution in [3.8, 4) is 0 Å². The predicted molar refractivity (Wildman–Crippen MR) is 555 cm³/mol. The van der Waals surface area contributed by atoms with Crippen molar-refractivity contribution in [3.63, 3.8) is 0 Å². The van der Waals surface area contributed by atoms with E-state index in [9.17, 15) is 86.6 Å². The van der Waals surface area contributed by atoms with Crippen molar-refractivity contribution in [2.75, 3.05) is 39.3 Å². The molecule has 52 heteroatoms. The van der Waals surface area contributed by atoms with Gasteiger partial charge in [0.1, 0.15) is 96.7 Å². The van der Waals surface area contributed by atoms with Gasteiger partial charge in [-0.05, 0) is 156 Å². The number of rotatable bonds is 74. The third kappa shape index (κ3) is 51.6. The second-order valence-corrected chi connectivity index (χ2v) is 38.5. The van der Waals surface area contributed by atoms with Crippen molar-refractivity contribution in [2.24, 2.45) is 87.1 Å². The summed E-state index contributed by atoms with van der Waals surface area (Å²) in [6.45, 7) is 19.5. The number of hydrogen-bond donors (Lipinski definition) is 32. The van der Waals surface area contributed by atoms with E-state index in [1.807, 2.05) is 0 Å². The van der Waals surface area contributed by atoms with E-state index >= 15 is 14.4 Å². The SMILES string of the molecule is CC[C@H](C)[C@H](NC(=O)[C@H](CCCNC(=N)N)NC(=O)[C@H](CCC(N)=O)NC(=O)[C@@H](NC(=O)[C@@H](NC(=O)[C@H](CCCNC(=N)N)NC(=O)[C@H](CCCCN)NC(=O)[C@H](Cc1ccccc1)NC(=O)CN)[C@@H](C)CC)C(C)C)C(=O)N[C@@H](CCCCN)C(=O)N[C@@H](CC(=O)O)C(=O)N[C@@H](Cc1ccccc1)C(=O)N[C@@H](CC(C)C)C(=O)N[C@@H](CCCNC(=N)N)C(=O)N[C@@H](CC(N)=O)C(=O)N[C@@H](CC(C)C)C(=O)N[C@H](C(N)=O)C(C)C. The molecule has 0 fully saturated rings. The lowest BCUT2D eigenvalue weighted by atomic mass is 9.95. The number of carbonyl (C=O) groups excluding carboxylic acids is 19. The first-order valence-corrected chi connectivity index (χ1v) is 50.6. The molecule has 0 aliphatic heterocycles. The molecule has 2 rings (SSSR count). The van der Waals surface area contributed by atoms with Gasteiger partial charge in [-0.15, -0.1) is 0 Å². The Balaban J connectivity index is 2.72. The van der Waals surface area contributed by atoms with Gasteiger partial charge in [-0.1, -0.05) is 157 Å². The minimum atomic E-state index is -2.05. The number of aliphatic carboxylic acids is 1. The van der Waals surface area contributed by atoms with Gasteiger partial charge in [-0.25, -0.2) is 0 Å². The van der Waals surface area contributed by atoms with Crippen LogP contribution in [-0.4, -0.2) is 277 Å². The number of amides is 19. The highest BCUT2D eigenvalue weighted by Gasteiger charge is 2.42. The van der Waals surface area contributed by atoms with Crippen LogP contribution < -0.4 is 153 Å². The quantitative estimate of drug-likeness (QED) is 0.0166. The number of carbonyl (C=O) groups is 20. The summed E-state index contributed by atoms with van der Waals surface area (Å²) in [5.74, 6) is -25.0. The van der Waals surface area contributed by atoms with Gasteiger partial charge in [-0.3, -0.25) is 112 Å². The number of hydrogen-bond acceptors (Lipinski definition) is 26. The van der Waals surface area contributed by atoms with Gasteiger partial charge >= 0.3 is 5.97 Å². The van der Waals surface area contributed by atoms with E-state index in [4.69, 9.17) is 67.8 Å². The van der Waals surface area contributed by atoms with Crippen molar-refractivity contribution in [1.82, 2.24) is 101 Å². The smallest absolute Gasteiger partial charge is 0.305 e. The molecular weight excluding hydrogens is 1940 g/mol. The summed E-state index contributed by atoms with van der Waals surface area (Å²) in [6.07, 6.45) is -2.95. The lowest BCUT2D eigenvalue weighted by Gasteiger charge is -2.31. The van der Waals surface area contributed by atoms with Crippen molar-refractivity contribution in [3.05, 3.63) is 71.8 Å². The number of primary amides is 3. The molecule has 0 heterocycles. The summed E-state index contributed by atoms with van der Waals surface area (Å²) in [7, 11) is 0. The van der Waals surface area contributed by atoms with Crippen LogP contribution in [0.25, 0.3) is 0 Å². The van der Waals surface area contributed by atoms with Crippen LogP contribution in [-0.2, 0) is 109 Å². The summed E-state index contributed by atoms with van der Waals surface area (Å²) in [5.41, 5.74) is 51.9. The van der Waals surface area contributed by atoms with Gasteiger partial charge in [0.05, 0.1) is 19.4 Å². The number of carboxylic acid groups (broad SMARTS) is 1. The van der Waals surface area contributed by atoms with Crippen LogP contribution >= 0.6 is 0 Å². The number of nitrogens with two attached hydrogens (primary N) is 9. The van der Waals surface area contributed by atoms with E-state index in [0.29, 0.717) is 24.0 Å². The normalized spacial score (nSPS) is 14.8. The molecule has 52 nitrogen and oxygen atoms in total. The highest BCUT2D eigenvalue weighted by Crippen LogP contribution is 2.20. The number of unbranched alkanes of at least 4 members (excludes halogenated alkanes) is 2. The Labute approximate surface area is 869 Å². The zero-order valence-electron chi connectivity index (χ0n) is 87.6. The number of benzene rings is 2. The topological polar surface area (TPSA) is 896 Å². The third-order valence-corrected chi connectivity index (χ3v) is 24.2. The van der Waals surface area contributed by atoms with E-state index in [1.165, 1.54) is 0 Å². The minimum absolute atomic E-state index is 0.000966. The maximum Gasteiger partial charge on any atom is 0.305 e. The van der Waals surface area contributed by atoms with Crippen LogP contribution in [0.3, 0.4) is 0 Å². The highest BCUT2D eigenvalue weighted by molar-refractivity contribution is 6.03. The summed E-state index contributed by atoms with van der Waals surface area (Å²) >= 11 is 0. The van der Waals surface area contributed by atoms with E-state index in [0.717, 1.165) is 0 Å². The minimum Gasteiger partial charge on any atom is -0.481 e. The molecule has 0 radical (unpaired) electrons. The Hall–Kier alpha value is -14.5. The molecule has 0 saturated carbocycles. The van der Waals surface area contributed by atoms with Crippen molar-refractivity contribution in [2.45, 2.75) is 321 Å². The second kappa shape index (κ2) is 69.6. The van der Waals surface area contributed by atoms with Gasteiger partial charge in [0, 0.05) is 38.9 Å². The average molecular weight is 2100 g/mol. The maximum absolute atomic E-state index is 15.1. The average Bonchev–Trinajstić information content (AvgIpc) is 0.904. The van der Waals surface area contributed by atoms with Crippen LogP contribution in [0.4, 0.5) is 0 Å². The molecule has 0 aliphatic carbocycles. The van der Waals surface area contributed by atoms with Gasteiger partial charge in [0.25, 0.3) is 0 Å². The first-order chi connectivity index (χ1) is 70.2. The molecule has 0 aromatic heterocycles. The molecule has 19 amide bonds. The molecule has 0 bridgehead atoms. The van der Waals surface area contributed by atoms with E-state index < -0.39 is 295 Å². The fraction of sp³-hybridized carbons (Fsp3) is 0.639. The Morgan fingerprint density at radius 3 is 0.879 bits per heavy atom. The first kappa shape index (κ1) is 131. The zero-order chi connectivity index (χ0) is 112. The summed E-state index contributed by atoms with van der Waals surface area (Å²) < 4.78 is 0. The lowest BCUT2D eigenvalue weighted by molar-refractivity contribution is -0.142. The van der Waals surface area contributed by atoms with Gasteiger partial charge in [0.15, 0.2) is 17.9 Å². The maximum atomic E-state index is 15.1. The Bertz CT molecular complexity index is 4750. The van der Waals surface area contributed by atoms with Crippen molar-refractivity contribution < 1.29 is 101 Å². The number of guanidine groups is 3. The zero-order valence-corrected chi connectivity index (χ0v) is 87.6. The second-order valence-electron chi connectivity index (χ2n) is 38.5. The molecule has 18 atom stereocenters. The van der Waals surface area contributed by atoms with Crippen LogP contribution in [0.1, 0.15) is 223 Å². The fourth-order valence-corrected chi connectivity index (χ4v) is 15.5. The molecule has 2 aromatic carbocycles. The van der Waals surface area contributed by atoms with Crippen LogP contribution in [0.2, 0.25) is 0 Å². The molecule has 834 valence electrons. The van der Waals surface area contributed by atoms with Crippen molar-refractivity contribution in [1.29, 1.82) is 16.2 Å². The molecule has 0 unspecified atom stereocenters. The van der Waals surface area contributed by atoms with Gasteiger partial charge in [-0.2, -0.15) is 0 Å². The third-order valence-electron chi connectivity index (χ3n) is 24.2. The molecule has 0 saturated heterocycles. The largest absolute Gasteiger partial charge is 0.481 e. The monoisotopic (exact) mass is 2100 g/mol. The summed E-state index contributed by atoms with van der Waals surface area (Å²) in [5, 5.41) is 82.9. The Morgan fingerprint density at radius 2 is 0.564 bits per heavy atom. The lowest BCUT2D eigenvalue weighted by Crippen LogP contribution is -2.62. The Morgan fingerprint density at radius 1 is 0.295 bits per heavy atom. The highest BCUT2D eigenvalue weighted by atomic mass is 16.4. The standard InChI is InChI=1S/C97H165N31O21/c1-13-55(11)77(127-84(139)63(36-27-43-112-97(108)109)115-83(138)64(37-38-71(101)129)119-92(147)76(54(9)10)126-94(149)78(56(12)14-2)128-85(140)62(35-26-42-111-96(106)107)114-80(135)59(32-21-23-39-98)116-87(142)67(113-73(131)50-100)46-57-28-17-15-18-29-57)93(148)118-60(33-22-24-40-99)81(136)124-70(49-74(132)133)90(145)122-68(47-58-30-19-16-20-31-58)88(143)120-65(44-51(3)4)86(141)117-61(34-25-41-110-95(104)105)82(137)123-69(48-72(102)130)89(144)121-66(45-52(5)6)91(146)125-75(53(7)8)79(103)134/h15-20,28-31,51-56,59-70,75-78H,13-14,21-27,32-50,98-100H2,1-12H3,(H2,101,129)(H2,102,130)(H2,103,134)(H,113,131)(H,114,135)(H,115,138)(H,116,142)(H,117,141)(H,118,148)(H,119,147)(H,120,143)(H,121,144)(H,122,145)(H,123,137)(H,124,136)(H,125,146)(H,126,149)(H,127,139)(H,128,140)(H,132,133)(H4,104,105,110)(H4,106,107,111)(H4,108,109,112)/t55-,56-,59-,60-,61-,62-,63-,64-,65-,66-,67-,68-,69-,70-,75-,76-,77-,78-/m0/s1. The first-order valence-electron chi connectivity index (χ1n) is 50.6. The van der Waals surface area contributed by atoms with Gasteiger partial charge < -0.3 is 158 Å². The molecule has 0 spiro atoms. The van der Waals surface area contributed by atoms with Crippen LogP contribution in [0.5, 0.6) is 0 Å². The summed E-state index contributed by atoms with van der Waals surface area (Å²) in [6, 6.07) is -8.12. The van der Waals surface area contributed by atoms with Gasteiger partial charge in [0.2, 0.25) is 112 Å². The van der Waals surface area contributed by atoms with E-state index in [2.05, 4.69) is 101 Å². The van der Waals surface area contributed by atoms with Crippen molar-refractivity contribution >= 4 is 136 Å². The molecule has 2 aromatic rings. The van der Waals surface area contributed by atoms with Crippen LogP contribution in [0.15, 0.2) is 60.7 Å². The fourth-order valence-electron chi connectivity index (χ4n) is 15.5. The van der Waals surface area contributed by atoms with E-state index in [-0.39, 0.29) is 141 Å². The summed E-state index contributed by atoms with van der Waals surface area (Å²) in [4.78, 5) is 283. The predicted octanol–water partition coefficient (Wildman–Crippen LogP) is -6.17. The molecule has 149 heavy (non-hydrogen) atoms. The molecular formula is C97H165N31O21. The van der Waals surface area contributed by atoms with E-state index in [1.54, 1.807) is 144 Å². The number of nitrogens with one attached hydrogen (secondary N) is 22. The van der Waals surface area contributed by atoms with Crippen LogP contribution in [0, 0.1) is 51.7 Å². The molecule has 0 aliphatic rings. The number of carboxylic acids is 1.